The van der Waals surface area contributed by atoms with Gasteiger partial charge in [-0.3, -0.25) is 9.36 Å². The van der Waals surface area contributed by atoms with Gasteiger partial charge in [0.2, 0.25) is 0 Å². The van der Waals surface area contributed by atoms with E-state index in [0.29, 0.717) is 24.1 Å². The maximum Gasteiger partial charge on any atom is 0.306 e. The highest BCUT2D eigenvalue weighted by Gasteiger charge is 2.20. The molecule has 0 heterocycles. The summed E-state index contributed by atoms with van der Waals surface area (Å²) in [6.07, 6.45) is 54.6. The molecule has 352 valence electrons. The lowest BCUT2D eigenvalue weighted by atomic mass is 10.0. The third-order valence-corrected chi connectivity index (χ3v) is 11.6. The zero-order valence-electron chi connectivity index (χ0n) is 39.9. The summed E-state index contributed by atoms with van der Waals surface area (Å²) in [6, 6.07) is 0. The van der Waals surface area contributed by atoms with E-state index in [9.17, 15) is 14.3 Å². The van der Waals surface area contributed by atoms with Crippen LogP contribution in [-0.4, -0.2) is 70.7 Å². The molecule has 0 aromatic heterocycles. The minimum atomic E-state index is -4.54. The summed E-state index contributed by atoms with van der Waals surface area (Å²) in [4.78, 5) is 25.0. The number of rotatable bonds is 46. The highest BCUT2D eigenvalue weighted by atomic mass is 31.2. The largest absolute Gasteiger partial charge is 0.756 e. The van der Waals surface area contributed by atoms with E-state index >= 15 is 0 Å². The van der Waals surface area contributed by atoms with E-state index in [1.807, 2.05) is 33.3 Å². The Kier molecular flexibility index (Phi) is 43.0. The number of hydrogen-bond donors (Lipinski definition) is 0. The van der Waals surface area contributed by atoms with Gasteiger partial charge in [0, 0.05) is 13.0 Å². The molecule has 0 aromatic carbocycles. The summed E-state index contributed by atoms with van der Waals surface area (Å²) in [7, 11) is 1.32. The molecule has 0 aliphatic heterocycles. The van der Waals surface area contributed by atoms with Crippen LogP contribution >= 0.6 is 7.82 Å². The number of nitrogens with zero attached hydrogens (tertiary/aromatic N) is 1. The Labute approximate surface area is 371 Å². The summed E-state index contributed by atoms with van der Waals surface area (Å²) >= 11 is 0. The molecule has 0 radical (unpaired) electrons. The van der Waals surface area contributed by atoms with Gasteiger partial charge < -0.3 is 27.9 Å². The van der Waals surface area contributed by atoms with E-state index in [1.54, 1.807) is 0 Å². The molecule has 0 spiro atoms. The normalized spacial score (nSPS) is 14.0. The zero-order chi connectivity index (χ0) is 44.1. The van der Waals surface area contributed by atoms with E-state index in [4.69, 9.17) is 18.5 Å². The quantitative estimate of drug-likeness (QED) is 0.0198. The predicted molar refractivity (Wildman–Crippen MR) is 254 cm³/mol. The van der Waals surface area contributed by atoms with Crippen molar-refractivity contribution in [3.05, 3.63) is 48.6 Å². The van der Waals surface area contributed by atoms with Crippen LogP contribution in [0, 0.1) is 0 Å². The average Bonchev–Trinajstić information content (AvgIpc) is 3.20. The fraction of sp³-hybridized carbons (Fsp3) is 0.824. The third-order valence-electron chi connectivity index (χ3n) is 10.7. The Morgan fingerprint density at radius 3 is 1.35 bits per heavy atom. The molecule has 0 fully saturated rings. The Hall–Kier alpha value is -1.54. The molecule has 2 unspecified atom stereocenters. The first-order valence-corrected chi connectivity index (χ1v) is 26.3. The summed E-state index contributed by atoms with van der Waals surface area (Å²) < 4.78 is 34.6. The van der Waals surface area contributed by atoms with Crippen molar-refractivity contribution in [2.75, 3.05) is 54.1 Å². The van der Waals surface area contributed by atoms with Gasteiger partial charge in [0.25, 0.3) is 7.82 Å². The van der Waals surface area contributed by atoms with E-state index in [1.165, 1.54) is 148 Å². The molecule has 0 rings (SSSR count). The van der Waals surface area contributed by atoms with E-state index < -0.39 is 19.9 Å². The van der Waals surface area contributed by atoms with Crippen LogP contribution in [0.2, 0.25) is 0 Å². The summed E-state index contributed by atoms with van der Waals surface area (Å²) in [5, 5.41) is 0. The van der Waals surface area contributed by atoms with Crippen molar-refractivity contribution in [1.82, 2.24) is 0 Å². The number of quaternary nitrogens is 1. The second-order valence-corrected chi connectivity index (χ2v) is 19.2. The highest BCUT2D eigenvalue weighted by Crippen LogP contribution is 2.38. The number of carbonyl (C=O) groups excluding carboxylic acids is 1. The number of unbranched alkanes of at least 4 members (excludes halogenated alkanes) is 24. The van der Waals surface area contributed by atoms with Crippen LogP contribution in [0.5, 0.6) is 0 Å². The minimum Gasteiger partial charge on any atom is -0.756 e. The molecule has 2 atom stereocenters. The molecule has 0 aromatic rings. The van der Waals surface area contributed by atoms with Gasteiger partial charge in [0.05, 0.1) is 34.4 Å². The van der Waals surface area contributed by atoms with Crippen molar-refractivity contribution in [2.24, 2.45) is 0 Å². The van der Waals surface area contributed by atoms with Crippen LogP contribution in [0.4, 0.5) is 0 Å². The summed E-state index contributed by atoms with van der Waals surface area (Å²) in [5.41, 5.74) is 0. The lowest BCUT2D eigenvalue weighted by Crippen LogP contribution is -2.37. The molecule has 0 amide bonds. The van der Waals surface area contributed by atoms with E-state index in [2.05, 4.69) is 50.3 Å². The number of hydrogen-bond acceptors (Lipinski definition) is 7. The molecule has 0 aliphatic rings. The van der Waals surface area contributed by atoms with Gasteiger partial charge in [0.1, 0.15) is 19.3 Å². The topological polar surface area (TPSA) is 94.1 Å². The molecule has 60 heavy (non-hydrogen) atoms. The van der Waals surface area contributed by atoms with Gasteiger partial charge in [-0.25, -0.2) is 0 Å². The first-order chi connectivity index (χ1) is 29.1. The van der Waals surface area contributed by atoms with Crippen LogP contribution in [-0.2, 0) is 27.9 Å². The molecule has 0 saturated carbocycles. The van der Waals surface area contributed by atoms with Crippen LogP contribution in [0.25, 0.3) is 0 Å². The van der Waals surface area contributed by atoms with Gasteiger partial charge >= 0.3 is 5.97 Å². The molecule has 0 aliphatic carbocycles. The zero-order valence-corrected chi connectivity index (χ0v) is 40.8. The third kappa shape index (κ3) is 47.5. The van der Waals surface area contributed by atoms with Gasteiger partial charge in [-0.2, -0.15) is 0 Å². The maximum atomic E-state index is 12.6. The van der Waals surface area contributed by atoms with Gasteiger partial charge in [-0.15, -0.1) is 0 Å². The first-order valence-electron chi connectivity index (χ1n) is 24.9. The van der Waals surface area contributed by atoms with Crippen molar-refractivity contribution >= 4 is 13.8 Å². The van der Waals surface area contributed by atoms with Crippen LogP contribution in [0.1, 0.15) is 213 Å². The van der Waals surface area contributed by atoms with E-state index in [-0.39, 0.29) is 26.2 Å². The number of carbonyl (C=O) groups is 1. The van der Waals surface area contributed by atoms with Crippen molar-refractivity contribution in [3.8, 4) is 0 Å². The number of likely N-dealkylation sites (N-methyl/N-ethyl adjacent to an activating group) is 1. The Morgan fingerprint density at radius 2 is 0.933 bits per heavy atom. The monoisotopic (exact) mass is 866 g/mol. The Morgan fingerprint density at radius 1 is 0.533 bits per heavy atom. The molecule has 9 heteroatoms. The van der Waals surface area contributed by atoms with Crippen LogP contribution in [0.15, 0.2) is 48.6 Å². The number of phosphoric acid groups is 1. The first kappa shape index (κ1) is 58.5. The predicted octanol–water partition coefficient (Wildman–Crippen LogP) is 14.5. The molecule has 0 N–H and O–H groups in total. The van der Waals surface area contributed by atoms with Crippen molar-refractivity contribution in [3.63, 3.8) is 0 Å². The molecule has 0 saturated heterocycles. The molecule has 0 bridgehead atoms. The number of esters is 1. The highest BCUT2D eigenvalue weighted by molar-refractivity contribution is 7.45. The SMILES string of the molecule is CC/C=C\C/C=C\C/C=C\C/C=C\CCC(=O)OC(COCCCCCCCCCCCCCCCCCCCCCCCCCCC)COP(=O)([O-])OCC[N+](C)(C)C. The Balaban J connectivity index is 4.08. The Bertz CT molecular complexity index is 1100. The van der Waals surface area contributed by atoms with Crippen molar-refractivity contribution in [2.45, 2.75) is 219 Å². The lowest BCUT2D eigenvalue weighted by Gasteiger charge is -2.28. The van der Waals surface area contributed by atoms with Crippen molar-refractivity contribution in [1.29, 1.82) is 0 Å². The van der Waals surface area contributed by atoms with Crippen LogP contribution in [0.3, 0.4) is 0 Å². The molecule has 8 nitrogen and oxygen atoms in total. The number of allylic oxidation sites excluding steroid dienone is 8. The second kappa shape index (κ2) is 44.1. The molecular formula is C51H96NO7P. The van der Waals surface area contributed by atoms with Gasteiger partial charge in [-0.1, -0.05) is 217 Å². The van der Waals surface area contributed by atoms with E-state index in [0.717, 1.165) is 38.5 Å². The maximum absolute atomic E-state index is 12.6. The fourth-order valence-corrected chi connectivity index (χ4v) is 7.58. The second-order valence-electron chi connectivity index (χ2n) is 17.8. The number of ether oxygens (including phenoxy) is 2. The lowest BCUT2D eigenvalue weighted by molar-refractivity contribution is -0.870. The summed E-state index contributed by atoms with van der Waals surface area (Å²) in [5.74, 6) is -0.411. The van der Waals surface area contributed by atoms with Crippen LogP contribution < -0.4 is 4.89 Å². The average molecular weight is 866 g/mol. The van der Waals surface area contributed by atoms with Gasteiger partial charge in [-0.05, 0) is 38.5 Å². The standard InChI is InChI=1S/C51H96NO7P/c1-6-8-10-12-14-16-18-20-21-22-23-24-25-26-27-28-29-30-31-33-35-37-39-41-43-46-56-48-50(49-58-60(54,55)57-47-45-52(3,4)5)59-51(53)44-42-40-38-36-34-32-19-17-15-13-11-9-7-2/h9,11,15,17,32,34,38,40,50H,6-8,10,12-14,16,18-31,33,35-37,39,41-49H2,1-5H3/b11-9-,17-15-,34-32-,40-38-. The minimum absolute atomic E-state index is 0.0136. The van der Waals surface area contributed by atoms with Gasteiger partial charge in [0.15, 0.2) is 0 Å². The smallest absolute Gasteiger partial charge is 0.306 e. The summed E-state index contributed by atoms with van der Waals surface area (Å²) in [6.45, 7) is 5.22. The molecular weight excluding hydrogens is 770 g/mol. The number of phosphoric ester groups is 1. The fourth-order valence-electron chi connectivity index (χ4n) is 6.86. The van der Waals surface area contributed by atoms with Crippen molar-refractivity contribution < 1.29 is 37.3 Å².